The van der Waals surface area contributed by atoms with Crippen LogP contribution < -0.4 is 5.01 Å². The van der Waals surface area contributed by atoms with E-state index >= 15 is 0 Å². The van der Waals surface area contributed by atoms with Gasteiger partial charge >= 0.3 is 0 Å². The summed E-state index contributed by atoms with van der Waals surface area (Å²) in [6.07, 6.45) is 10.5. The molecule has 156 valence electrons. The van der Waals surface area contributed by atoms with E-state index in [0.29, 0.717) is 5.65 Å². The second-order valence-electron chi connectivity index (χ2n) is 8.07. The largest absolute Gasteiger partial charge is 0.461 e. The maximum absolute atomic E-state index is 5.90. The average Bonchev–Trinajstić information content (AvgIpc) is 3.64. The van der Waals surface area contributed by atoms with E-state index in [-0.39, 0.29) is 0 Å². The second kappa shape index (κ2) is 5.74. The Hall–Kier alpha value is -4.72. The third-order valence-corrected chi connectivity index (χ3v) is 6.65. The molecule has 6 aromatic heterocycles. The Labute approximate surface area is 186 Å². The summed E-state index contributed by atoms with van der Waals surface area (Å²) in [5.41, 5.74) is 4.94. The molecule has 8 nitrogen and oxygen atoms in total. The number of hydrogen-bond donors (Lipinski definition) is 0. The van der Waals surface area contributed by atoms with Crippen molar-refractivity contribution in [2.75, 3.05) is 5.01 Å². The summed E-state index contributed by atoms with van der Waals surface area (Å²) in [7, 11) is 0. The Morgan fingerprint density at radius 3 is 1.91 bits per heavy atom. The zero-order valence-corrected chi connectivity index (χ0v) is 17.1. The van der Waals surface area contributed by atoms with Gasteiger partial charge in [-0.3, -0.25) is 0 Å². The van der Waals surface area contributed by atoms with Crippen molar-refractivity contribution in [2.45, 2.75) is 5.41 Å². The van der Waals surface area contributed by atoms with E-state index in [0.717, 1.165) is 50.9 Å². The van der Waals surface area contributed by atoms with Crippen LogP contribution >= 0.6 is 0 Å². The molecule has 33 heavy (non-hydrogen) atoms. The molecule has 0 aromatic carbocycles. The minimum Gasteiger partial charge on any atom is -0.461 e. The minimum atomic E-state index is -0.650. The quantitative estimate of drug-likeness (QED) is 0.374. The van der Waals surface area contributed by atoms with Crippen molar-refractivity contribution in [2.24, 2.45) is 0 Å². The van der Waals surface area contributed by atoms with E-state index < -0.39 is 5.41 Å². The molecular formula is C25H14N6O2. The van der Waals surface area contributed by atoms with Crippen molar-refractivity contribution in [3.05, 3.63) is 108 Å². The molecule has 0 saturated heterocycles. The Kier molecular flexibility index (Phi) is 2.94. The summed E-state index contributed by atoms with van der Waals surface area (Å²) in [6.45, 7) is 0. The van der Waals surface area contributed by atoms with Crippen molar-refractivity contribution in [3.63, 3.8) is 0 Å². The molecule has 0 unspecified atom stereocenters. The van der Waals surface area contributed by atoms with Crippen molar-refractivity contribution in [1.29, 1.82) is 0 Å². The van der Waals surface area contributed by atoms with Gasteiger partial charge in [0.2, 0.25) is 0 Å². The zero-order valence-electron chi connectivity index (χ0n) is 17.1. The lowest BCUT2D eigenvalue weighted by molar-refractivity contribution is 0.525. The molecule has 8 heteroatoms. The zero-order chi connectivity index (χ0) is 21.6. The van der Waals surface area contributed by atoms with Gasteiger partial charge in [0.15, 0.2) is 28.8 Å². The number of imidazole rings is 1. The number of nitrogens with zero attached hydrogens (tertiary/aromatic N) is 6. The highest BCUT2D eigenvalue weighted by Crippen LogP contribution is 2.62. The van der Waals surface area contributed by atoms with E-state index in [4.69, 9.17) is 18.8 Å². The minimum absolute atomic E-state index is 0.650. The molecule has 0 radical (unpaired) electrons. The van der Waals surface area contributed by atoms with Crippen LogP contribution in [0.15, 0.2) is 94.8 Å². The first-order valence-electron chi connectivity index (χ1n) is 10.5. The fourth-order valence-electron chi connectivity index (χ4n) is 5.45. The number of hydrogen-bond acceptors (Lipinski definition) is 7. The van der Waals surface area contributed by atoms with E-state index in [2.05, 4.69) is 22.1 Å². The lowest BCUT2D eigenvalue weighted by atomic mass is 9.67. The van der Waals surface area contributed by atoms with Gasteiger partial charge in [0.05, 0.1) is 17.9 Å². The third kappa shape index (κ3) is 1.84. The Balaban J connectivity index is 1.54. The highest BCUT2D eigenvalue weighted by molar-refractivity contribution is 5.88. The van der Waals surface area contributed by atoms with Gasteiger partial charge in [-0.1, -0.05) is 12.1 Å². The van der Waals surface area contributed by atoms with Crippen molar-refractivity contribution in [3.8, 4) is 11.5 Å². The molecule has 6 aromatic rings. The summed E-state index contributed by atoms with van der Waals surface area (Å²) in [5, 5.41) is 2.00. The van der Waals surface area contributed by atoms with E-state index in [1.54, 1.807) is 37.4 Å². The maximum atomic E-state index is 5.90. The summed E-state index contributed by atoms with van der Waals surface area (Å²) in [6, 6.07) is 16.1. The Bertz CT molecular complexity index is 1620. The molecule has 1 spiro atoms. The SMILES string of the molecule is c1cnc2c(c1)C1(c3cccnc3N2n2cnc3ncccc32)c2ccoc2-c2occc21. The lowest BCUT2D eigenvalue weighted by Gasteiger charge is -2.41. The first kappa shape index (κ1) is 16.9. The van der Waals surface area contributed by atoms with E-state index in [1.165, 1.54) is 0 Å². The van der Waals surface area contributed by atoms with Crippen LogP contribution in [0.2, 0.25) is 0 Å². The van der Waals surface area contributed by atoms with Gasteiger partial charge in [0.1, 0.15) is 11.8 Å². The van der Waals surface area contributed by atoms with Crippen LogP contribution in [0.4, 0.5) is 11.6 Å². The van der Waals surface area contributed by atoms with Crippen LogP contribution in [0.3, 0.4) is 0 Å². The van der Waals surface area contributed by atoms with E-state index in [1.807, 2.05) is 46.1 Å². The normalized spacial score (nSPS) is 14.8. The average molecular weight is 430 g/mol. The summed E-state index contributed by atoms with van der Waals surface area (Å²) >= 11 is 0. The molecule has 0 amide bonds. The van der Waals surface area contributed by atoms with Gasteiger partial charge in [-0.2, -0.15) is 0 Å². The van der Waals surface area contributed by atoms with Crippen molar-refractivity contribution in [1.82, 2.24) is 24.6 Å². The Morgan fingerprint density at radius 2 is 1.24 bits per heavy atom. The monoisotopic (exact) mass is 430 g/mol. The number of furan rings is 2. The number of rotatable bonds is 1. The molecule has 0 N–H and O–H groups in total. The van der Waals surface area contributed by atoms with Crippen LogP contribution in [-0.4, -0.2) is 24.6 Å². The summed E-state index contributed by atoms with van der Waals surface area (Å²) < 4.78 is 13.8. The number of fused-ring (bicyclic) bond motifs is 10. The molecular weight excluding hydrogens is 416 g/mol. The highest BCUT2D eigenvalue weighted by Gasteiger charge is 2.55. The molecule has 0 saturated carbocycles. The molecule has 0 atom stereocenters. The van der Waals surface area contributed by atoms with Gasteiger partial charge in [-0.25, -0.2) is 29.6 Å². The first-order chi connectivity index (χ1) is 16.4. The molecule has 1 aliphatic heterocycles. The molecule has 2 aliphatic rings. The topological polar surface area (TPSA) is 86.0 Å². The molecule has 7 heterocycles. The molecule has 0 fully saturated rings. The lowest BCUT2D eigenvalue weighted by Crippen LogP contribution is -2.40. The van der Waals surface area contributed by atoms with Gasteiger partial charge < -0.3 is 8.83 Å². The van der Waals surface area contributed by atoms with Gasteiger partial charge in [-0.05, 0) is 36.4 Å². The van der Waals surface area contributed by atoms with Crippen LogP contribution in [0.1, 0.15) is 22.3 Å². The second-order valence-corrected chi connectivity index (χ2v) is 8.07. The Morgan fingerprint density at radius 1 is 0.636 bits per heavy atom. The molecule has 8 rings (SSSR count). The van der Waals surface area contributed by atoms with Gasteiger partial charge in [-0.15, -0.1) is 0 Å². The van der Waals surface area contributed by atoms with Crippen molar-refractivity contribution >= 4 is 22.8 Å². The first-order valence-corrected chi connectivity index (χ1v) is 10.5. The van der Waals surface area contributed by atoms with Crippen LogP contribution in [0, 0.1) is 0 Å². The van der Waals surface area contributed by atoms with Crippen molar-refractivity contribution < 1.29 is 8.83 Å². The predicted molar refractivity (Wildman–Crippen MR) is 119 cm³/mol. The fourth-order valence-corrected chi connectivity index (χ4v) is 5.45. The smallest absolute Gasteiger partial charge is 0.179 e. The number of aromatic nitrogens is 5. The van der Waals surface area contributed by atoms with Crippen LogP contribution in [0.5, 0.6) is 0 Å². The maximum Gasteiger partial charge on any atom is 0.179 e. The summed E-state index contributed by atoms with van der Waals surface area (Å²) in [5.74, 6) is 3.00. The fraction of sp³-hybridized carbons (Fsp3) is 0.0400. The molecule has 0 bridgehead atoms. The number of anilines is 2. The third-order valence-electron chi connectivity index (χ3n) is 6.65. The number of pyridine rings is 3. The van der Waals surface area contributed by atoms with Crippen LogP contribution in [0.25, 0.3) is 22.7 Å². The highest BCUT2D eigenvalue weighted by atomic mass is 16.4. The van der Waals surface area contributed by atoms with Crippen LogP contribution in [-0.2, 0) is 5.41 Å². The van der Waals surface area contributed by atoms with Gasteiger partial charge in [0.25, 0.3) is 0 Å². The summed E-state index contributed by atoms with van der Waals surface area (Å²) in [4.78, 5) is 18.6. The van der Waals surface area contributed by atoms with E-state index in [9.17, 15) is 0 Å². The standard InChI is InChI=1S/C25H14N6O2/c1-4-17-23(27-10-1)31(30-14-29-22-19(30)6-3-9-26-22)24-18(5-2-11-28-24)25(17)15-7-12-32-20(15)21-16(25)8-13-33-21/h1-14H. The van der Waals surface area contributed by atoms with Gasteiger partial charge in [0, 0.05) is 40.8 Å². The molecule has 1 aliphatic carbocycles. The predicted octanol–water partition coefficient (Wildman–Crippen LogP) is 4.69.